The van der Waals surface area contributed by atoms with Crippen molar-refractivity contribution in [2.24, 2.45) is 0 Å². The fraction of sp³-hybridized carbons (Fsp3) is 0.714. The number of allylic oxidation sites excluding steroid dienone is 1. The third-order valence-corrected chi connectivity index (χ3v) is 2.28. The second-order valence-electron chi connectivity index (χ2n) is 3.92. The van der Waals surface area contributed by atoms with Gasteiger partial charge in [0.05, 0.1) is 25.9 Å². The number of carbonyl (C=O) groups excluding carboxylic acids is 1. The summed E-state index contributed by atoms with van der Waals surface area (Å²) in [6.07, 6.45) is 6.95. The minimum absolute atomic E-state index is 0.186. The molecule has 0 aliphatic rings. The lowest BCUT2D eigenvalue weighted by molar-refractivity contribution is -0.139. The Morgan fingerprint density at radius 3 is 2.42 bits per heavy atom. The van der Waals surface area contributed by atoms with Gasteiger partial charge in [0.25, 0.3) is 0 Å². The summed E-state index contributed by atoms with van der Waals surface area (Å²) in [7, 11) is 0. The molecule has 0 saturated carbocycles. The highest BCUT2D eigenvalue weighted by Crippen LogP contribution is 1.98. The molecule has 0 amide bonds. The van der Waals surface area contributed by atoms with Gasteiger partial charge in [-0.25, -0.2) is 4.79 Å². The number of carbonyl (C=O) groups is 1. The average Bonchev–Trinajstić information content (AvgIpc) is 2.42. The van der Waals surface area contributed by atoms with Crippen molar-refractivity contribution in [2.45, 2.75) is 32.6 Å². The van der Waals surface area contributed by atoms with Crippen LogP contribution in [0.15, 0.2) is 12.2 Å². The second-order valence-corrected chi connectivity index (χ2v) is 3.92. The van der Waals surface area contributed by atoms with E-state index in [1.54, 1.807) is 6.07 Å². The summed E-state index contributed by atoms with van der Waals surface area (Å²) in [5.41, 5.74) is 0. The number of hydrogen-bond acceptors (Lipinski definition) is 5. The van der Waals surface area contributed by atoms with Gasteiger partial charge in [0.15, 0.2) is 0 Å². The van der Waals surface area contributed by atoms with E-state index < -0.39 is 5.97 Å². The van der Waals surface area contributed by atoms with Gasteiger partial charge < -0.3 is 14.2 Å². The molecule has 5 heteroatoms. The van der Waals surface area contributed by atoms with Crippen LogP contribution in [0, 0.1) is 11.3 Å². The normalized spacial score (nSPS) is 10.5. The molecule has 0 spiro atoms. The highest BCUT2D eigenvalue weighted by atomic mass is 16.6. The molecule has 0 N–H and O–H groups in total. The van der Waals surface area contributed by atoms with Crippen LogP contribution < -0.4 is 0 Å². The third kappa shape index (κ3) is 14.6. The number of nitrogens with zero attached hydrogens (tertiary/aromatic N) is 1. The Balaban J connectivity index is 3.13. The van der Waals surface area contributed by atoms with E-state index in [1.807, 2.05) is 0 Å². The maximum absolute atomic E-state index is 10.9. The number of hydrogen-bond donors (Lipinski definition) is 0. The van der Waals surface area contributed by atoms with Crippen molar-refractivity contribution >= 4 is 5.97 Å². The Morgan fingerprint density at radius 2 is 1.74 bits per heavy atom. The molecule has 0 unspecified atom stereocenters. The molecule has 0 rings (SSSR count). The lowest BCUT2D eigenvalue weighted by Crippen LogP contribution is -2.11. The van der Waals surface area contributed by atoms with Gasteiger partial charge in [0, 0.05) is 18.8 Å². The summed E-state index contributed by atoms with van der Waals surface area (Å²) in [5.74, 6) is -0.530. The summed E-state index contributed by atoms with van der Waals surface area (Å²) in [6, 6.07) is 1.71. The average molecular weight is 269 g/mol. The van der Waals surface area contributed by atoms with Crippen molar-refractivity contribution in [3.05, 3.63) is 12.2 Å². The molecular weight excluding hydrogens is 246 g/mol. The van der Waals surface area contributed by atoms with Crippen LogP contribution in [0.4, 0.5) is 0 Å². The van der Waals surface area contributed by atoms with Crippen molar-refractivity contribution < 1.29 is 19.0 Å². The van der Waals surface area contributed by atoms with Gasteiger partial charge >= 0.3 is 5.97 Å². The van der Waals surface area contributed by atoms with Crippen molar-refractivity contribution in [1.82, 2.24) is 0 Å². The van der Waals surface area contributed by atoms with E-state index in [1.165, 1.54) is 19.3 Å². The van der Waals surface area contributed by atoms with Crippen LogP contribution in [0.25, 0.3) is 0 Å². The van der Waals surface area contributed by atoms with E-state index in [4.69, 9.17) is 19.5 Å². The monoisotopic (exact) mass is 269 g/mol. The van der Waals surface area contributed by atoms with Crippen molar-refractivity contribution in [1.29, 1.82) is 5.26 Å². The minimum Gasteiger partial charge on any atom is -0.460 e. The maximum atomic E-state index is 10.9. The highest BCUT2D eigenvalue weighted by Gasteiger charge is 1.96. The summed E-state index contributed by atoms with van der Waals surface area (Å²) in [4.78, 5) is 10.9. The van der Waals surface area contributed by atoms with E-state index in [0.29, 0.717) is 19.8 Å². The molecule has 0 aliphatic heterocycles. The van der Waals surface area contributed by atoms with Gasteiger partial charge in [-0.1, -0.05) is 26.2 Å². The number of esters is 1. The Kier molecular flexibility index (Phi) is 13.6. The standard InChI is InChI=1S/C14H23NO4/c1-2-3-4-5-9-17-10-11-18-12-13-19-14(16)7-6-8-15/h6-7H,2-5,9-13H2,1H3. The van der Waals surface area contributed by atoms with Crippen LogP contribution in [0.2, 0.25) is 0 Å². The van der Waals surface area contributed by atoms with Crippen LogP contribution in [0.1, 0.15) is 32.6 Å². The molecular formula is C14H23NO4. The van der Waals surface area contributed by atoms with E-state index in [9.17, 15) is 4.79 Å². The summed E-state index contributed by atoms with van der Waals surface area (Å²) in [5, 5.41) is 8.19. The van der Waals surface area contributed by atoms with Crippen LogP contribution in [0.5, 0.6) is 0 Å². The quantitative estimate of drug-likeness (QED) is 0.235. The van der Waals surface area contributed by atoms with Crippen LogP contribution in [0.3, 0.4) is 0 Å². The zero-order chi connectivity index (χ0) is 14.2. The van der Waals surface area contributed by atoms with Gasteiger partial charge in [0.1, 0.15) is 6.61 Å². The molecule has 0 atom stereocenters. The number of nitriles is 1. The molecule has 0 aliphatic carbocycles. The number of unbranched alkanes of at least 4 members (excludes halogenated alkanes) is 3. The van der Waals surface area contributed by atoms with Gasteiger partial charge in [-0.15, -0.1) is 0 Å². The summed E-state index contributed by atoms with van der Waals surface area (Å²) >= 11 is 0. The van der Waals surface area contributed by atoms with E-state index in [0.717, 1.165) is 25.2 Å². The summed E-state index contributed by atoms with van der Waals surface area (Å²) < 4.78 is 15.4. The van der Waals surface area contributed by atoms with Gasteiger partial charge in [-0.2, -0.15) is 5.26 Å². The molecule has 0 aromatic carbocycles. The molecule has 5 nitrogen and oxygen atoms in total. The predicted molar refractivity (Wildman–Crippen MR) is 71.5 cm³/mol. The zero-order valence-electron chi connectivity index (χ0n) is 11.6. The molecule has 0 aromatic rings. The SMILES string of the molecule is CCCCCCOCCOCCOC(=O)C=CC#N. The fourth-order valence-electron chi connectivity index (χ4n) is 1.31. The first-order valence-electron chi connectivity index (χ1n) is 6.69. The molecule has 0 fully saturated rings. The third-order valence-electron chi connectivity index (χ3n) is 2.28. The Hall–Kier alpha value is -1.38. The van der Waals surface area contributed by atoms with E-state index in [2.05, 4.69) is 6.92 Å². The van der Waals surface area contributed by atoms with Crippen LogP contribution >= 0.6 is 0 Å². The number of rotatable bonds is 12. The molecule has 0 saturated heterocycles. The van der Waals surface area contributed by atoms with E-state index in [-0.39, 0.29) is 6.61 Å². The predicted octanol–water partition coefficient (Wildman–Crippen LogP) is 2.22. The molecule has 108 valence electrons. The topological polar surface area (TPSA) is 68.6 Å². The Labute approximate surface area is 115 Å². The molecule has 0 bridgehead atoms. The first-order valence-corrected chi connectivity index (χ1v) is 6.69. The van der Waals surface area contributed by atoms with Gasteiger partial charge in [0.2, 0.25) is 0 Å². The lowest BCUT2D eigenvalue weighted by Gasteiger charge is -2.05. The molecule has 0 heterocycles. The molecule has 0 aromatic heterocycles. The summed E-state index contributed by atoms with van der Waals surface area (Å²) in [6.45, 7) is 4.54. The zero-order valence-corrected chi connectivity index (χ0v) is 11.6. The maximum Gasteiger partial charge on any atom is 0.331 e. The second kappa shape index (κ2) is 14.7. The molecule has 0 radical (unpaired) electrons. The van der Waals surface area contributed by atoms with Crippen molar-refractivity contribution in [3.63, 3.8) is 0 Å². The van der Waals surface area contributed by atoms with Crippen LogP contribution in [-0.4, -0.2) is 39.0 Å². The van der Waals surface area contributed by atoms with Crippen molar-refractivity contribution in [3.8, 4) is 6.07 Å². The largest absolute Gasteiger partial charge is 0.460 e. The molecule has 19 heavy (non-hydrogen) atoms. The smallest absolute Gasteiger partial charge is 0.331 e. The lowest BCUT2D eigenvalue weighted by atomic mass is 10.2. The fourth-order valence-corrected chi connectivity index (χ4v) is 1.31. The first-order chi connectivity index (χ1) is 9.31. The van der Waals surface area contributed by atoms with Gasteiger partial charge in [-0.3, -0.25) is 0 Å². The number of ether oxygens (including phenoxy) is 3. The first kappa shape index (κ1) is 17.6. The minimum atomic E-state index is -0.530. The Morgan fingerprint density at radius 1 is 1.05 bits per heavy atom. The van der Waals surface area contributed by atoms with E-state index >= 15 is 0 Å². The van der Waals surface area contributed by atoms with Crippen molar-refractivity contribution in [2.75, 3.05) is 33.0 Å². The Bertz CT molecular complexity index is 284. The van der Waals surface area contributed by atoms with Crippen LogP contribution in [-0.2, 0) is 19.0 Å². The highest BCUT2D eigenvalue weighted by molar-refractivity contribution is 5.82. The van der Waals surface area contributed by atoms with Gasteiger partial charge in [-0.05, 0) is 6.42 Å².